The van der Waals surface area contributed by atoms with E-state index in [2.05, 4.69) is 29.5 Å². The topological polar surface area (TPSA) is 23.5 Å². The molecule has 0 spiro atoms. The average molecular weight is 239 g/mol. The molecule has 2 atom stereocenters. The zero-order chi connectivity index (χ0) is 11.4. The van der Waals surface area contributed by atoms with Crippen LogP contribution in [0.1, 0.15) is 37.0 Å². The van der Waals surface area contributed by atoms with E-state index < -0.39 is 0 Å². The molecule has 0 aliphatic heterocycles. The molecule has 1 aromatic heterocycles. The van der Waals surface area contributed by atoms with E-state index >= 15 is 0 Å². The quantitative estimate of drug-likeness (QED) is 0.820. The molecule has 1 aliphatic rings. The largest absolute Gasteiger partial charge is 0.391 e. The van der Waals surface area contributed by atoms with Crippen molar-refractivity contribution in [2.24, 2.45) is 0 Å². The lowest BCUT2D eigenvalue weighted by Gasteiger charge is -2.30. The Hall–Kier alpha value is -0.380. The number of thiophene rings is 1. The minimum Gasteiger partial charge on any atom is -0.391 e. The van der Waals surface area contributed by atoms with Gasteiger partial charge in [0.1, 0.15) is 0 Å². The second-order valence-electron chi connectivity index (χ2n) is 4.77. The van der Waals surface area contributed by atoms with E-state index in [4.69, 9.17) is 0 Å². The van der Waals surface area contributed by atoms with Gasteiger partial charge in [0, 0.05) is 17.5 Å². The predicted molar refractivity (Wildman–Crippen MR) is 68.7 cm³/mol. The molecule has 90 valence electrons. The van der Waals surface area contributed by atoms with Crippen molar-refractivity contribution in [1.29, 1.82) is 0 Å². The van der Waals surface area contributed by atoms with Gasteiger partial charge in [-0.05, 0) is 31.3 Å². The van der Waals surface area contributed by atoms with Crippen molar-refractivity contribution in [3.8, 4) is 0 Å². The summed E-state index contributed by atoms with van der Waals surface area (Å²) >= 11 is 1.80. The lowest BCUT2D eigenvalue weighted by Crippen LogP contribution is -2.40. The van der Waals surface area contributed by atoms with Crippen LogP contribution in [-0.4, -0.2) is 29.2 Å². The zero-order valence-electron chi connectivity index (χ0n) is 9.93. The zero-order valence-corrected chi connectivity index (χ0v) is 10.7. The van der Waals surface area contributed by atoms with E-state index in [1.807, 2.05) is 0 Å². The van der Waals surface area contributed by atoms with E-state index in [1.54, 1.807) is 11.3 Å². The fourth-order valence-corrected chi connectivity index (χ4v) is 3.32. The average Bonchev–Trinajstić information content (AvgIpc) is 2.66. The van der Waals surface area contributed by atoms with Crippen LogP contribution in [0, 0.1) is 0 Å². The Morgan fingerprint density at radius 2 is 2.19 bits per heavy atom. The molecule has 0 amide bonds. The second-order valence-corrected chi connectivity index (χ2v) is 5.80. The summed E-state index contributed by atoms with van der Waals surface area (Å²) in [6, 6.07) is 4.62. The third kappa shape index (κ3) is 3.06. The molecule has 0 saturated heterocycles. The van der Waals surface area contributed by atoms with Crippen molar-refractivity contribution in [3.63, 3.8) is 0 Å². The highest BCUT2D eigenvalue weighted by Crippen LogP contribution is 2.23. The molecule has 2 unspecified atom stereocenters. The van der Waals surface area contributed by atoms with Gasteiger partial charge in [-0.1, -0.05) is 25.3 Å². The third-order valence-electron chi connectivity index (χ3n) is 3.50. The monoisotopic (exact) mass is 239 g/mol. The normalized spacial score (nSPS) is 26.9. The number of hydrogen-bond donors (Lipinski definition) is 1. The maximum Gasteiger partial charge on any atom is 0.0695 e. The fourth-order valence-electron chi connectivity index (χ4n) is 2.55. The first-order valence-corrected chi connectivity index (χ1v) is 7.06. The molecule has 0 bridgehead atoms. The first-order chi connectivity index (χ1) is 7.77. The molecule has 1 saturated carbocycles. The lowest BCUT2D eigenvalue weighted by atomic mass is 10.0. The minimum atomic E-state index is -0.132. The Balaban J connectivity index is 1.94. The molecule has 0 radical (unpaired) electrons. The molecular weight excluding hydrogens is 218 g/mol. The molecule has 1 fully saturated rings. The van der Waals surface area contributed by atoms with Crippen LogP contribution in [0.2, 0.25) is 0 Å². The van der Waals surface area contributed by atoms with Gasteiger partial charge in [-0.3, -0.25) is 4.90 Å². The summed E-state index contributed by atoms with van der Waals surface area (Å²) in [5, 5.41) is 12.2. The van der Waals surface area contributed by atoms with E-state index in [1.165, 1.54) is 24.1 Å². The molecule has 1 N–H and O–H groups in total. The van der Waals surface area contributed by atoms with Crippen LogP contribution in [0.5, 0.6) is 0 Å². The van der Waals surface area contributed by atoms with E-state index in [0.29, 0.717) is 6.04 Å². The lowest BCUT2D eigenvalue weighted by molar-refractivity contribution is 0.0548. The molecule has 1 aliphatic carbocycles. The summed E-state index contributed by atoms with van der Waals surface area (Å²) < 4.78 is 0. The SMILES string of the molecule is CN(Cc1cccs1)C1CCCCCC1O. The van der Waals surface area contributed by atoms with Gasteiger partial charge < -0.3 is 5.11 Å². The van der Waals surface area contributed by atoms with E-state index in [-0.39, 0.29) is 6.10 Å². The third-order valence-corrected chi connectivity index (χ3v) is 4.36. The molecule has 1 heterocycles. The van der Waals surface area contributed by atoms with Crippen LogP contribution < -0.4 is 0 Å². The number of hydrogen-bond acceptors (Lipinski definition) is 3. The Kier molecular flexibility index (Phi) is 4.38. The van der Waals surface area contributed by atoms with Crippen LogP contribution in [-0.2, 0) is 6.54 Å². The predicted octanol–water partition coefficient (Wildman–Crippen LogP) is 2.87. The minimum absolute atomic E-state index is 0.132. The Bertz CT molecular complexity index is 299. The highest BCUT2D eigenvalue weighted by molar-refractivity contribution is 7.09. The second kappa shape index (κ2) is 5.80. The van der Waals surface area contributed by atoms with E-state index in [9.17, 15) is 5.11 Å². The van der Waals surface area contributed by atoms with Gasteiger partial charge in [0.05, 0.1) is 6.10 Å². The number of aliphatic hydroxyl groups excluding tert-OH is 1. The van der Waals surface area contributed by atoms with Crippen molar-refractivity contribution < 1.29 is 5.11 Å². The van der Waals surface area contributed by atoms with Crippen LogP contribution in [0.3, 0.4) is 0 Å². The van der Waals surface area contributed by atoms with Gasteiger partial charge in [-0.25, -0.2) is 0 Å². The highest BCUT2D eigenvalue weighted by atomic mass is 32.1. The highest BCUT2D eigenvalue weighted by Gasteiger charge is 2.25. The summed E-state index contributed by atoms with van der Waals surface area (Å²) in [5.41, 5.74) is 0. The standard InChI is InChI=1S/C13H21NOS/c1-14(10-11-6-5-9-16-11)12-7-3-2-4-8-13(12)15/h5-6,9,12-13,15H,2-4,7-8,10H2,1H3. The molecule has 0 aromatic carbocycles. The summed E-state index contributed by atoms with van der Waals surface area (Å²) in [6.07, 6.45) is 5.71. The van der Waals surface area contributed by atoms with Crippen LogP contribution in [0.15, 0.2) is 17.5 Å². The summed E-state index contributed by atoms with van der Waals surface area (Å²) in [7, 11) is 2.14. The van der Waals surface area contributed by atoms with Crippen LogP contribution in [0.25, 0.3) is 0 Å². The molecule has 1 aromatic rings. The molecule has 2 nitrogen and oxygen atoms in total. The summed E-state index contributed by atoms with van der Waals surface area (Å²) in [6.45, 7) is 0.972. The van der Waals surface area contributed by atoms with Gasteiger partial charge >= 0.3 is 0 Å². The fraction of sp³-hybridized carbons (Fsp3) is 0.692. The Morgan fingerprint density at radius 3 is 2.94 bits per heavy atom. The number of nitrogens with zero attached hydrogens (tertiary/aromatic N) is 1. The molecule has 3 heteroatoms. The van der Waals surface area contributed by atoms with Gasteiger partial charge in [-0.15, -0.1) is 11.3 Å². The number of likely N-dealkylation sites (N-methyl/N-ethyl adjacent to an activating group) is 1. The first kappa shape index (κ1) is 12.1. The van der Waals surface area contributed by atoms with Gasteiger partial charge in [0.15, 0.2) is 0 Å². The Labute approximate surface area is 102 Å². The van der Waals surface area contributed by atoms with Crippen molar-refractivity contribution >= 4 is 11.3 Å². The smallest absolute Gasteiger partial charge is 0.0695 e. The van der Waals surface area contributed by atoms with Crippen molar-refractivity contribution in [2.45, 2.75) is 50.8 Å². The maximum absolute atomic E-state index is 10.1. The van der Waals surface area contributed by atoms with Crippen LogP contribution in [0.4, 0.5) is 0 Å². The first-order valence-electron chi connectivity index (χ1n) is 6.18. The van der Waals surface area contributed by atoms with Crippen molar-refractivity contribution in [2.75, 3.05) is 7.05 Å². The number of rotatable bonds is 3. The van der Waals surface area contributed by atoms with Gasteiger partial charge in [-0.2, -0.15) is 0 Å². The number of aliphatic hydroxyl groups is 1. The van der Waals surface area contributed by atoms with E-state index in [0.717, 1.165) is 19.4 Å². The van der Waals surface area contributed by atoms with Crippen LogP contribution >= 0.6 is 11.3 Å². The maximum atomic E-state index is 10.1. The molecular formula is C13H21NOS. The molecule has 2 rings (SSSR count). The van der Waals surface area contributed by atoms with Crippen molar-refractivity contribution in [3.05, 3.63) is 22.4 Å². The summed E-state index contributed by atoms with van der Waals surface area (Å²) in [4.78, 5) is 3.71. The summed E-state index contributed by atoms with van der Waals surface area (Å²) in [5.74, 6) is 0. The van der Waals surface area contributed by atoms with Crippen molar-refractivity contribution in [1.82, 2.24) is 4.90 Å². The Morgan fingerprint density at radius 1 is 1.38 bits per heavy atom. The molecule has 16 heavy (non-hydrogen) atoms. The van der Waals surface area contributed by atoms with Gasteiger partial charge in [0.2, 0.25) is 0 Å². The van der Waals surface area contributed by atoms with Gasteiger partial charge in [0.25, 0.3) is 0 Å².